The number of aromatic hydroxyl groups is 1. The van der Waals surface area contributed by atoms with Crippen LogP contribution in [0.1, 0.15) is 46.1 Å². The second-order valence-electron chi connectivity index (χ2n) is 9.26. The van der Waals surface area contributed by atoms with E-state index in [9.17, 15) is 29.4 Å². The molecule has 0 heterocycles. The van der Waals surface area contributed by atoms with Crippen LogP contribution in [-0.4, -0.2) is 70.1 Å². The van der Waals surface area contributed by atoms with E-state index in [2.05, 4.69) is 16.0 Å². The Hall–Kier alpha value is -2.79. The van der Waals surface area contributed by atoms with Crippen molar-refractivity contribution in [2.75, 3.05) is 12.0 Å². The summed E-state index contributed by atoms with van der Waals surface area (Å²) in [6.07, 6.45) is 2.97. The summed E-state index contributed by atoms with van der Waals surface area (Å²) in [5.74, 6) is -2.72. The number of carboxylic acids is 1. The number of benzene rings is 1. The summed E-state index contributed by atoms with van der Waals surface area (Å²) in [4.78, 5) is 50.5. The first-order chi connectivity index (χ1) is 16.9. The van der Waals surface area contributed by atoms with Crippen LogP contribution >= 0.6 is 11.8 Å². The molecule has 1 rings (SSSR count). The van der Waals surface area contributed by atoms with Gasteiger partial charge in [0, 0.05) is 0 Å². The van der Waals surface area contributed by atoms with Gasteiger partial charge in [0.05, 0.1) is 6.04 Å². The van der Waals surface area contributed by atoms with Crippen LogP contribution in [-0.2, 0) is 25.6 Å². The van der Waals surface area contributed by atoms with Gasteiger partial charge in [-0.1, -0.05) is 46.2 Å². The molecule has 0 aromatic heterocycles. The largest absolute Gasteiger partial charge is 0.508 e. The smallest absolute Gasteiger partial charge is 0.326 e. The van der Waals surface area contributed by atoms with Gasteiger partial charge in [-0.3, -0.25) is 14.4 Å². The van der Waals surface area contributed by atoms with E-state index in [4.69, 9.17) is 5.73 Å². The average molecular weight is 525 g/mol. The van der Waals surface area contributed by atoms with Crippen LogP contribution in [0.2, 0.25) is 0 Å². The molecule has 11 heteroatoms. The highest BCUT2D eigenvalue weighted by molar-refractivity contribution is 7.98. The summed E-state index contributed by atoms with van der Waals surface area (Å²) in [5, 5.41) is 26.8. The quantitative estimate of drug-likeness (QED) is 0.199. The molecule has 0 spiro atoms. The zero-order chi connectivity index (χ0) is 27.4. The molecule has 10 nitrogen and oxygen atoms in total. The highest BCUT2D eigenvalue weighted by Crippen LogP contribution is 2.13. The Labute approximate surface area is 217 Å². The number of hydrogen-bond donors (Lipinski definition) is 6. The lowest BCUT2D eigenvalue weighted by Gasteiger charge is -2.28. The number of amides is 3. The predicted molar refractivity (Wildman–Crippen MR) is 141 cm³/mol. The van der Waals surface area contributed by atoms with Crippen LogP contribution in [0.3, 0.4) is 0 Å². The zero-order valence-corrected chi connectivity index (χ0v) is 22.4. The Morgan fingerprint density at radius 2 is 1.53 bits per heavy atom. The topological polar surface area (TPSA) is 171 Å². The first-order valence-corrected chi connectivity index (χ1v) is 13.5. The van der Waals surface area contributed by atoms with Crippen molar-refractivity contribution >= 4 is 35.5 Å². The molecule has 3 amide bonds. The molecule has 0 aliphatic heterocycles. The number of nitrogens with two attached hydrogens (primary N) is 1. The number of phenols is 1. The van der Waals surface area contributed by atoms with Crippen LogP contribution in [0.4, 0.5) is 0 Å². The zero-order valence-electron chi connectivity index (χ0n) is 21.6. The minimum Gasteiger partial charge on any atom is -0.508 e. The second kappa shape index (κ2) is 15.4. The fourth-order valence-corrected chi connectivity index (χ4v) is 3.95. The number of rotatable bonds is 15. The Balaban J connectivity index is 2.93. The van der Waals surface area contributed by atoms with E-state index >= 15 is 0 Å². The van der Waals surface area contributed by atoms with Crippen molar-refractivity contribution in [2.24, 2.45) is 17.6 Å². The first kappa shape index (κ1) is 31.2. The van der Waals surface area contributed by atoms with Gasteiger partial charge in [-0.2, -0.15) is 11.8 Å². The van der Waals surface area contributed by atoms with Gasteiger partial charge in [0.15, 0.2) is 0 Å². The minimum atomic E-state index is -1.14. The molecule has 0 saturated heterocycles. The lowest BCUT2D eigenvalue weighted by molar-refractivity contribution is -0.144. The molecular weight excluding hydrogens is 484 g/mol. The Morgan fingerprint density at radius 1 is 0.944 bits per heavy atom. The minimum absolute atomic E-state index is 0.105. The number of carbonyl (C=O) groups excluding carboxylic acids is 3. The molecule has 1 aromatic rings. The van der Waals surface area contributed by atoms with Gasteiger partial charge in [-0.05, 0) is 54.4 Å². The second-order valence-corrected chi connectivity index (χ2v) is 10.2. The molecule has 1 aromatic carbocycles. The number of carboxylic acid groups (broad SMARTS) is 1. The third-order valence-electron chi connectivity index (χ3n) is 6.00. The van der Waals surface area contributed by atoms with Crippen LogP contribution in [0.5, 0.6) is 5.75 Å². The van der Waals surface area contributed by atoms with Gasteiger partial charge in [-0.25, -0.2) is 4.79 Å². The summed E-state index contributed by atoms with van der Waals surface area (Å²) in [7, 11) is 0. The molecule has 5 unspecified atom stereocenters. The van der Waals surface area contributed by atoms with E-state index in [0.29, 0.717) is 18.6 Å². The van der Waals surface area contributed by atoms with Gasteiger partial charge < -0.3 is 31.9 Å². The molecular formula is C25H40N4O6S. The van der Waals surface area contributed by atoms with E-state index in [-0.39, 0.29) is 24.0 Å². The van der Waals surface area contributed by atoms with Crippen LogP contribution < -0.4 is 21.7 Å². The highest BCUT2D eigenvalue weighted by atomic mass is 32.2. The van der Waals surface area contributed by atoms with Gasteiger partial charge >= 0.3 is 5.97 Å². The number of phenolic OH excluding ortho intramolecular Hbond substituents is 1. The van der Waals surface area contributed by atoms with E-state index in [1.165, 1.54) is 23.9 Å². The van der Waals surface area contributed by atoms with Gasteiger partial charge in [0.1, 0.15) is 23.9 Å². The predicted octanol–water partition coefficient (Wildman–Crippen LogP) is 1.26. The molecule has 0 aliphatic rings. The molecule has 202 valence electrons. The third kappa shape index (κ3) is 10.1. The van der Waals surface area contributed by atoms with E-state index < -0.39 is 47.9 Å². The molecule has 0 aliphatic carbocycles. The maximum absolute atomic E-state index is 13.1. The van der Waals surface area contributed by atoms with Gasteiger partial charge in [0.2, 0.25) is 17.7 Å². The van der Waals surface area contributed by atoms with Crippen molar-refractivity contribution in [3.63, 3.8) is 0 Å². The van der Waals surface area contributed by atoms with Crippen molar-refractivity contribution in [2.45, 2.75) is 71.1 Å². The third-order valence-corrected chi connectivity index (χ3v) is 6.64. The summed E-state index contributed by atoms with van der Waals surface area (Å²) in [6.45, 7) is 7.05. The standard InChI is InChI=1S/C25H40N4O6S/c1-6-15(4)21(25(34)35)29-24(33)20(14(2)3)28-23(32)19(11-12-36-5)27-22(31)18(26)13-16-7-9-17(30)10-8-16/h7-10,14-15,18-21,30H,6,11-13,26H2,1-5H3,(H,27,31)(H,28,32)(H,29,33)(H,34,35). The van der Waals surface area contributed by atoms with E-state index in [1.54, 1.807) is 32.9 Å². The van der Waals surface area contributed by atoms with Crippen molar-refractivity contribution in [3.8, 4) is 5.75 Å². The van der Waals surface area contributed by atoms with Crippen molar-refractivity contribution in [3.05, 3.63) is 29.8 Å². The van der Waals surface area contributed by atoms with Gasteiger partial charge in [-0.15, -0.1) is 0 Å². The fraction of sp³-hybridized carbons (Fsp3) is 0.600. The first-order valence-electron chi connectivity index (χ1n) is 12.1. The fourth-order valence-electron chi connectivity index (χ4n) is 3.48. The highest BCUT2D eigenvalue weighted by Gasteiger charge is 2.33. The van der Waals surface area contributed by atoms with Crippen LogP contribution in [0.25, 0.3) is 0 Å². The Kier molecular flexibility index (Phi) is 13.3. The van der Waals surface area contributed by atoms with E-state index in [0.717, 1.165) is 5.56 Å². The lowest BCUT2D eigenvalue weighted by Crippen LogP contribution is -2.59. The molecule has 0 radical (unpaired) electrons. The molecule has 7 N–H and O–H groups in total. The molecule has 5 atom stereocenters. The maximum Gasteiger partial charge on any atom is 0.326 e. The summed E-state index contributed by atoms with van der Waals surface area (Å²) in [5.41, 5.74) is 6.81. The Bertz CT molecular complexity index is 880. The van der Waals surface area contributed by atoms with Crippen molar-refractivity contribution in [1.82, 2.24) is 16.0 Å². The SMILES string of the molecule is CCC(C)C(NC(=O)C(NC(=O)C(CCSC)NC(=O)C(N)Cc1ccc(O)cc1)C(C)C)C(=O)O. The normalized spacial score (nSPS) is 15.3. The Morgan fingerprint density at radius 3 is 2.03 bits per heavy atom. The number of aliphatic carboxylic acids is 1. The van der Waals surface area contributed by atoms with Crippen LogP contribution in [0, 0.1) is 11.8 Å². The summed E-state index contributed by atoms with van der Waals surface area (Å²) < 4.78 is 0. The monoisotopic (exact) mass is 524 g/mol. The lowest BCUT2D eigenvalue weighted by atomic mass is 9.97. The average Bonchev–Trinajstić information content (AvgIpc) is 2.83. The molecule has 0 saturated carbocycles. The number of carbonyl (C=O) groups is 4. The number of thioether (sulfide) groups is 1. The molecule has 0 bridgehead atoms. The van der Waals surface area contributed by atoms with Crippen LogP contribution in [0.15, 0.2) is 24.3 Å². The molecule has 36 heavy (non-hydrogen) atoms. The van der Waals surface area contributed by atoms with Crippen molar-refractivity contribution < 1.29 is 29.4 Å². The maximum atomic E-state index is 13.1. The number of hydrogen-bond acceptors (Lipinski definition) is 7. The molecule has 0 fully saturated rings. The summed E-state index contributed by atoms with van der Waals surface area (Å²) >= 11 is 1.50. The van der Waals surface area contributed by atoms with Crippen molar-refractivity contribution in [1.29, 1.82) is 0 Å². The van der Waals surface area contributed by atoms with E-state index in [1.807, 2.05) is 13.2 Å². The summed E-state index contributed by atoms with van der Waals surface area (Å²) in [6, 6.07) is 2.42. The van der Waals surface area contributed by atoms with Gasteiger partial charge in [0.25, 0.3) is 0 Å². The number of nitrogens with one attached hydrogen (secondary N) is 3.